The number of rotatable bonds is 6. The molecule has 6 rings (SSSR count). The smallest absolute Gasteiger partial charge is 0.0488 e. The quantitative estimate of drug-likeness (QED) is 0.226. The van der Waals surface area contributed by atoms with Crippen molar-refractivity contribution >= 4 is 11.4 Å². The lowest BCUT2D eigenvalue weighted by atomic mass is 9.92. The second-order valence-corrected chi connectivity index (χ2v) is 9.42. The molecular weight excluding hydrogens is 458 g/mol. The number of benzene rings is 6. The first-order valence-electron chi connectivity index (χ1n) is 13.0. The van der Waals surface area contributed by atoms with Gasteiger partial charge < -0.3 is 4.90 Å². The molecule has 0 fully saturated rings. The van der Waals surface area contributed by atoms with Gasteiger partial charge in [0.15, 0.2) is 0 Å². The van der Waals surface area contributed by atoms with Gasteiger partial charge in [-0.15, -0.1) is 0 Å². The fourth-order valence-corrected chi connectivity index (χ4v) is 5.29. The average Bonchev–Trinajstić information content (AvgIpc) is 3.01. The standard InChI is InChI=1S/C37H29N/c1-38(36-26-14-12-24-34(36)32-22-10-8-20-30(32)28-16-4-2-5-17-28)37-27-15-13-25-35(37)33-23-11-9-21-31(33)29-18-6-3-7-19-29/h2-27H,1H3. The number of hydrogen-bond acceptors (Lipinski definition) is 1. The van der Waals surface area contributed by atoms with E-state index < -0.39 is 0 Å². The molecule has 1 nitrogen and oxygen atoms in total. The summed E-state index contributed by atoms with van der Waals surface area (Å²) in [4.78, 5) is 2.33. The predicted octanol–water partition coefficient (Wildman–Crippen LogP) is 10.1. The van der Waals surface area contributed by atoms with Gasteiger partial charge in [-0.25, -0.2) is 0 Å². The highest BCUT2D eigenvalue weighted by molar-refractivity contribution is 5.95. The van der Waals surface area contributed by atoms with Crippen molar-refractivity contribution in [3.63, 3.8) is 0 Å². The Balaban J connectivity index is 1.49. The largest absolute Gasteiger partial charge is 0.344 e. The lowest BCUT2D eigenvalue weighted by Crippen LogP contribution is -2.12. The molecule has 0 atom stereocenters. The van der Waals surface area contributed by atoms with Crippen molar-refractivity contribution in [3.8, 4) is 44.5 Å². The lowest BCUT2D eigenvalue weighted by Gasteiger charge is -2.27. The first kappa shape index (κ1) is 23.5. The molecule has 38 heavy (non-hydrogen) atoms. The fraction of sp³-hybridized carbons (Fsp3) is 0.0270. The van der Waals surface area contributed by atoms with E-state index in [-0.39, 0.29) is 0 Å². The molecule has 6 aromatic rings. The van der Waals surface area contributed by atoms with Gasteiger partial charge in [0.05, 0.1) is 0 Å². The van der Waals surface area contributed by atoms with Crippen molar-refractivity contribution in [2.75, 3.05) is 11.9 Å². The highest BCUT2D eigenvalue weighted by atomic mass is 15.1. The molecule has 6 aromatic carbocycles. The molecule has 1 heteroatoms. The van der Waals surface area contributed by atoms with E-state index in [2.05, 4.69) is 170 Å². The Hall–Kier alpha value is -4.88. The number of hydrogen-bond donors (Lipinski definition) is 0. The minimum atomic E-state index is 1.17. The van der Waals surface area contributed by atoms with Gasteiger partial charge in [-0.3, -0.25) is 0 Å². The molecule has 0 radical (unpaired) electrons. The molecule has 0 aliphatic carbocycles. The van der Waals surface area contributed by atoms with Crippen LogP contribution in [0.25, 0.3) is 44.5 Å². The summed E-state index contributed by atoms with van der Waals surface area (Å²) in [5.74, 6) is 0. The molecule has 0 unspecified atom stereocenters. The van der Waals surface area contributed by atoms with Crippen LogP contribution in [0.1, 0.15) is 0 Å². The summed E-state index contributed by atoms with van der Waals surface area (Å²) in [7, 11) is 2.17. The molecule has 182 valence electrons. The molecule has 0 amide bonds. The van der Waals surface area contributed by atoms with Gasteiger partial charge in [0.1, 0.15) is 0 Å². The summed E-state index contributed by atoms with van der Waals surface area (Å²) in [5, 5.41) is 0. The third-order valence-corrected chi connectivity index (χ3v) is 7.13. The Morgan fingerprint density at radius 2 is 0.579 bits per heavy atom. The van der Waals surface area contributed by atoms with Crippen LogP contribution in [0.15, 0.2) is 158 Å². The van der Waals surface area contributed by atoms with Crippen LogP contribution in [0.2, 0.25) is 0 Å². The van der Waals surface area contributed by atoms with E-state index in [1.807, 2.05) is 0 Å². The highest BCUT2D eigenvalue weighted by Gasteiger charge is 2.18. The minimum Gasteiger partial charge on any atom is -0.344 e. The third-order valence-electron chi connectivity index (χ3n) is 7.13. The Bertz CT molecular complexity index is 1540. The summed E-state index contributed by atoms with van der Waals surface area (Å²) >= 11 is 0. The zero-order valence-electron chi connectivity index (χ0n) is 21.5. The van der Waals surface area contributed by atoms with Gasteiger partial charge in [0.25, 0.3) is 0 Å². The van der Waals surface area contributed by atoms with E-state index in [1.54, 1.807) is 0 Å². The summed E-state index contributed by atoms with van der Waals surface area (Å²) in [6.07, 6.45) is 0. The second kappa shape index (κ2) is 10.6. The zero-order valence-corrected chi connectivity index (χ0v) is 21.5. The van der Waals surface area contributed by atoms with E-state index in [0.717, 1.165) is 0 Å². The fourth-order valence-electron chi connectivity index (χ4n) is 5.29. The predicted molar refractivity (Wildman–Crippen MR) is 163 cm³/mol. The average molecular weight is 488 g/mol. The van der Waals surface area contributed by atoms with Crippen LogP contribution in [-0.2, 0) is 0 Å². The van der Waals surface area contributed by atoms with E-state index in [4.69, 9.17) is 0 Å². The third kappa shape index (κ3) is 4.51. The summed E-state index contributed by atoms with van der Waals surface area (Å²) in [6.45, 7) is 0. The topological polar surface area (TPSA) is 3.24 Å². The molecule has 0 saturated heterocycles. The van der Waals surface area contributed by atoms with Crippen LogP contribution in [0.3, 0.4) is 0 Å². The Morgan fingerprint density at radius 1 is 0.289 bits per heavy atom. The molecular formula is C37H29N. The monoisotopic (exact) mass is 487 g/mol. The van der Waals surface area contributed by atoms with Gasteiger partial charge >= 0.3 is 0 Å². The molecule has 0 saturated carbocycles. The normalized spacial score (nSPS) is 10.8. The number of para-hydroxylation sites is 2. The van der Waals surface area contributed by atoms with Crippen molar-refractivity contribution < 1.29 is 0 Å². The number of anilines is 2. The Kier molecular flexibility index (Phi) is 6.57. The Labute approximate surface area is 225 Å². The van der Waals surface area contributed by atoms with E-state index in [0.29, 0.717) is 0 Å². The van der Waals surface area contributed by atoms with Crippen LogP contribution in [0, 0.1) is 0 Å². The maximum Gasteiger partial charge on any atom is 0.0488 e. The van der Waals surface area contributed by atoms with Crippen LogP contribution in [0.5, 0.6) is 0 Å². The van der Waals surface area contributed by atoms with Crippen LogP contribution in [0.4, 0.5) is 11.4 Å². The lowest BCUT2D eigenvalue weighted by molar-refractivity contribution is 1.21. The van der Waals surface area contributed by atoms with Crippen molar-refractivity contribution in [1.29, 1.82) is 0 Å². The van der Waals surface area contributed by atoms with Gasteiger partial charge in [0.2, 0.25) is 0 Å². The molecule has 0 spiro atoms. The van der Waals surface area contributed by atoms with E-state index in [1.165, 1.54) is 55.9 Å². The highest BCUT2D eigenvalue weighted by Crippen LogP contribution is 2.43. The molecule has 0 bridgehead atoms. The van der Waals surface area contributed by atoms with Crippen molar-refractivity contribution in [2.45, 2.75) is 0 Å². The summed E-state index contributed by atoms with van der Waals surface area (Å²) in [6, 6.07) is 56.1. The molecule has 0 aliphatic rings. The first-order chi connectivity index (χ1) is 18.8. The van der Waals surface area contributed by atoms with Crippen LogP contribution in [-0.4, -0.2) is 7.05 Å². The van der Waals surface area contributed by atoms with Gasteiger partial charge in [-0.05, 0) is 45.5 Å². The van der Waals surface area contributed by atoms with Crippen molar-refractivity contribution in [2.24, 2.45) is 0 Å². The molecule has 0 N–H and O–H groups in total. The van der Waals surface area contributed by atoms with Gasteiger partial charge in [-0.1, -0.05) is 146 Å². The number of nitrogens with zero attached hydrogens (tertiary/aromatic N) is 1. The maximum atomic E-state index is 2.33. The SMILES string of the molecule is CN(c1ccccc1-c1ccccc1-c1ccccc1)c1ccccc1-c1ccccc1-c1ccccc1. The Morgan fingerprint density at radius 3 is 0.974 bits per heavy atom. The van der Waals surface area contributed by atoms with Gasteiger partial charge in [-0.2, -0.15) is 0 Å². The minimum absolute atomic E-state index is 1.17. The second-order valence-electron chi connectivity index (χ2n) is 9.42. The van der Waals surface area contributed by atoms with Crippen LogP contribution < -0.4 is 4.90 Å². The molecule has 0 aliphatic heterocycles. The van der Waals surface area contributed by atoms with Crippen molar-refractivity contribution in [3.05, 3.63) is 158 Å². The molecule has 0 heterocycles. The zero-order chi connectivity index (χ0) is 25.7. The first-order valence-corrected chi connectivity index (χ1v) is 13.0. The van der Waals surface area contributed by atoms with Gasteiger partial charge in [0, 0.05) is 29.5 Å². The maximum absolute atomic E-state index is 2.33. The molecule has 0 aromatic heterocycles. The summed E-state index contributed by atoms with van der Waals surface area (Å²) < 4.78 is 0. The van der Waals surface area contributed by atoms with Crippen LogP contribution >= 0.6 is 0 Å². The van der Waals surface area contributed by atoms with E-state index >= 15 is 0 Å². The van der Waals surface area contributed by atoms with E-state index in [9.17, 15) is 0 Å². The summed E-state index contributed by atoms with van der Waals surface area (Å²) in [5.41, 5.74) is 12.1. The van der Waals surface area contributed by atoms with Crippen molar-refractivity contribution in [1.82, 2.24) is 0 Å².